The lowest BCUT2D eigenvalue weighted by Crippen LogP contribution is -2.09. The van der Waals surface area contributed by atoms with E-state index in [-0.39, 0.29) is 0 Å². The number of hydrogen-bond acceptors (Lipinski definition) is 1. The maximum absolute atomic E-state index is 9.95. The number of benzene rings is 1. The van der Waals surface area contributed by atoms with Gasteiger partial charge in [0.05, 0.1) is 0 Å². The summed E-state index contributed by atoms with van der Waals surface area (Å²) >= 11 is 0. The lowest BCUT2D eigenvalue weighted by Gasteiger charge is -2.21. The summed E-state index contributed by atoms with van der Waals surface area (Å²) < 4.78 is 0. The topological polar surface area (TPSA) is 36.0 Å². The smallest absolute Gasteiger partial charge is 0.125 e. The first kappa shape index (κ1) is 10.7. The van der Waals surface area contributed by atoms with Crippen LogP contribution in [0.5, 0.6) is 5.75 Å². The van der Waals surface area contributed by atoms with Crippen LogP contribution >= 0.6 is 0 Å². The Balaban J connectivity index is 1.84. The Labute approximate surface area is 102 Å². The molecule has 0 radical (unpaired) electrons. The lowest BCUT2D eigenvalue weighted by atomic mass is 9.85. The molecule has 2 aromatic rings. The Kier molecular flexibility index (Phi) is 2.79. The average molecular weight is 229 g/mol. The van der Waals surface area contributed by atoms with Crippen LogP contribution in [-0.2, 0) is 6.42 Å². The number of aromatic hydroxyl groups is 1. The Hall–Kier alpha value is -1.44. The molecule has 1 aromatic carbocycles. The first-order chi connectivity index (χ1) is 8.33. The van der Waals surface area contributed by atoms with E-state index in [0.29, 0.717) is 5.75 Å². The van der Waals surface area contributed by atoms with Crippen LogP contribution in [-0.4, -0.2) is 10.1 Å². The summed E-state index contributed by atoms with van der Waals surface area (Å²) in [5.74, 6) is 1.23. The zero-order valence-electron chi connectivity index (χ0n) is 10.1. The predicted octanol–water partition coefficient (Wildman–Crippen LogP) is 4.00. The van der Waals surface area contributed by atoms with E-state index in [1.165, 1.54) is 37.7 Å². The average Bonchev–Trinajstić information content (AvgIpc) is 2.79. The standard InChI is InChI=1S/C15H19NO/c17-15-10-12(8-11-4-2-1-3-5-11)9-14-13(15)6-7-16-14/h6-7,9-11,16-17H,1-5,8H2. The van der Waals surface area contributed by atoms with Gasteiger partial charge in [-0.3, -0.25) is 0 Å². The van der Waals surface area contributed by atoms with Crippen LogP contribution in [0.2, 0.25) is 0 Å². The van der Waals surface area contributed by atoms with Gasteiger partial charge in [0, 0.05) is 17.1 Å². The zero-order valence-corrected chi connectivity index (χ0v) is 10.1. The second kappa shape index (κ2) is 4.44. The van der Waals surface area contributed by atoms with Crippen molar-refractivity contribution >= 4 is 10.9 Å². The number of phenolic OH excluding ortho intramolecular Hbond substituents is 1. The summed E-state index contributed by atoms with van der Waals surface area (Å²) in [4.78, 5) is 3.18. The summed E-state index contributed by atoms with van der Waals surface area (Å²) in [6.45, 7) is 0. The van der Waals surface area contributed by atoms with Crippen molar-refractivity contribution in [1.29, 1.82) is 0 Å². The van der Waals surface area contributed by atoms with Crippen LogP contribution in [0, 0.1) is 5.92 Å². The molecule has 0 spiro atoms. The van der Waals surface area contributed by atoms with Gasteiger partial charge in [0.2, 0.25) is 0 Å². The van der Waals surface area contributed by atoms with Crippen molar-refractivity contribution in [1.82, 2.24) is 4.98 Å². The summed E-state index contributed by atoms with van der Waals surface area (Å²) in [6, 6.07) is 6.05. The number of hydrogen-bond donors (Lipinski definition) is 2. The van der Waals surface area contributed by atoms with Gasteiger partial charge in [-0.15, -0.1) is 0 Å². The van der Waals surface area contributed by atoms with E-state index in [0.717, 1.165) is 23.2 Å². The molecule has 1 aromatic heterocycles. The molecular weight excluding hydrogens is 210 g/mol. The molecule has 0 unspecified atom stereocenters. The first-order valence-electron chi connectivity index (χ1n) is 6.62. The molecule has 0 atom stereocenters. The van der Waals surface area contributed by atoms with E-state index >= 15 is 0 Å². The summed E-state index contributed by atoms with van der Waals surface area (Å²) in [5.41, 5.74) is 2.32. The molecule has 90 valence electrons. The third-order valence-corrected chi connectivity index (χ3v) is 3.96. The van der Waals surface area contributed by atoms with E-state index in [9.17, 15) is 5.11 Å². The van der Waals surface area contributed by atoms with E-state index in [4.69, 9.17) is 0 Å². The van der Waals surface area contributed by atoms with Crippen LogP contribution in [0.4, 0.5) is 0 Å². The molecule has 1 heterocycles. The molecule has 1 saturated carbocycles. The van der Waals surface area contributed by atoms with Crippen LogP contribution in [0.15, 0.2) is 24.4 Å². The molecule has 17 heavy (non-hydrogen) atoms. The lowest BCUT2D eigenvalue weighted by molar-refractivity contribution is 0.356. The fourth-order valence-corrected chi connectivity index (χ4v) is 3.05. The Morgan fingerprint density at radius 3 is 2.82 bits per heavy atom. The minimum absolute atomic E-state index is 0.412. The SMILES string of the molecule is Oc1cc(CC2CCCCC2)cc2[nH]ccc12. The second-order valence-corrected chi connectivity index (χ2v) is 5.26. The molecule has 2 N–H and O–H groups in total. The molecule has 0 saturated heterocycles. The molecule has 0 aliphatic heterocycles. The quantitative estimate of drug-likeness (QED) is 0.802. The normalized spacial score (nSPS) is 17.6. The Morgan fingerprint density at radius 2 is 2.00 bits per heavy atom. The molecular formula is C15H19NO. The van der Waals surface area contributed by atoms with Crippen molar-refractivity contribution in [3.8, 4) is 5.75 Å². The number of H-pyrrole nitrogens is 1. The van der Waals surface area contributed by atoms with Crippen LogP contribution in [0.25, 0.3) is 10.9 Å². The maximum Gasteiger partial charge on any atom is 0.125 e. The van der Waals surface area contributed by atoms with Gasteiger partial charge in [-0.05, 0) is 36.1 Å². The van der Waals surface area contributed by atoms with Gasteiger partial charge >= 0.3 is 0 Å². The van der Waals surface area contributed by atoms with Crippen molar-refractivity contribution in [2.24, 2.45) is 5.92 Å². The number of nitrogens with one attached hydrogen (secondary N) is 1. The fraction of sp³-hybridized carbons (Fsp3) is 0.467. The molecule has 2 heteroatoms. The predicted molar refractivity (Wildman–Crippen MR) is 70.2 cm³/mol. The van der Waals surface area contributed by atoms with E-state index in [1.54, 1.807) is 0 Å². The highest BCUT2D eigenvalue weighted by molar-refractivity contribution is 5.86. The van der Waals surface area contributed by atoms with Gasteiger partial charge in [-0.2, -0.15) is 0 Å². The van der Waals surface area contributed by atoms with E-state index in [1.807, 2.05) is 18.3 Å². The highest BCUT2D eigenvalue weighted by Crippen LogP contribution is 2.30. The van der Waals surface area contributed by atoms with Gasteiger partial charge in [0.15, 0.2) is 0 Å². The molecule has 3 rings (SSSR count). The molecule has 1 aliphatic rings. The number of phenols is 1. The summed E-state index contributed by atoms with van der Waals surface area (Å²) in [6.07, 6.45) is 9.85. The highest BCUT2D eigenvalue weighted by Gasteiger charge is 2.15. The number of aromatic nitrogens is 1. The van der Waals surface area contributed by atoms with Crippen LogP contribution in [0.1, 0.15) is 37.7 Å². The van der Waals surface area contributed by atoms with E-state index < -0.39 is 0 Å². The molecule has 1 fully saturated rings. The van der Waals surface area contributed by atoms with Crippen LogP contribution < -0.4 is 0 Å². The van der Waals surface area contributed by atoms with Gasteiger partial charge < -0.3 is 10.1 Å². The Bertz CT molecular complexity index is 509. The number of fused-ring (bicyclic) bond motifs is 1. The largest absolute Gasteiger partial charge is 0.507 e. The van der Waals surface area contributed by atoms with Gasteiger partial charge in [0.1, 0.15) is 5.75 Å². The van der Waals surface area contributed by atoms with Gasteiger partial charge in [0.25, 0.3) is 0 Å². The van der Waals surface area contributed by atoms with Crippen molar-refractivity contribution in [3.05, 3.63) is 30.0 Å². The molecule has 2 nitrogen and oxygen atoms in total. The maximum atomic E-state index is 9.95. The minimum Gasteiger partial charge on any atom is -0.507 e. The van der Waals surface area contributed by atoms with Gasteiger partial charge in [-0.1, -0.05) is 32.1 Å². The minimum atomic E-state index is 0.412. The molecule has 0 bridgehead atoms. The summed E-state index contributed by atoms with van der Waals surface area (Å²) in [5, 5.41) is 10.9. The monoisotopic (exact) mass is 229 g/mol. The fourth-order valence-electron chi connectivity index (χ4n) is 3.05. The van der Waals surface area contributed by atoms with Crippen molar-refractivity contribution in [3.63, 3.8) is 0 Å². The van der Waals surface area contributed by atoms with Crippen molar-refractivity contribution < 1.29 is 5.11 Å². The van der Waals surface area contributed by atoms with E-state index in [2.05, 4.69) is 11.1 Å². The zero-order chi connectivity index (χ0) is 11.7. The summed E-state index contributed by atoms with van der Waals surface area (Å²) in [7, 11) is 0. The van der Waals surface area contributed by atoms with Crippen LogP contribution in [0.3, 0.4) is 0 Å². The second-order valence-electron chi connectivity index (χ2n) is 5.26. The number of rotatable bonds is 2. The first-order valence-corrected chi connectivity index (χ1v) is 6.62. The molecule has 0 amide bonds. The van der Waals surface area contributed by atoms with Crippen molar-refractivity contribution in [2.45, 2.75) is 38.5 Å². The van der Waals surface area contributed by atoms with Gasteiger partial charge in [-0.25, -0.2) is 0 Å². The third-order valence-electron chi connectivity index (χ3n) is 3.96. The molecule has 1 aliphatic carbocycles. The third kappa shape index (κ3) is 2.17. The Morgan fingerprint density at radius 1 is 1.18 bits per heavy atom. The number of aromatic amines is 1. The van der Waals surface area contributed by atoms with Crippen molar-refractivity contribution in [2.75, 3.05) is 0 Å². The highest BCUT2D eigenvalue weighted by atomic mass is 16.3.